The monoisotopic (exact) mass is 283 g/mol. The number of carbonyl (C=O) groups is 1. The molecule has 2 rings (SSSR count). The van der Waals surface area contributed by atoms with Crippen molar-refractivity contribution in [2.24, 2.45) is 0 Å². The third kappa shape index (κ3) is 3.63. The summed E-state index contributed by atoms with van der Waals surface area (Å²) >= 11 is 0. The van der Waals surface area contributed by atoms with Crippen LogP contribution in [-0.4, -0.2) is 12.5 Å². The Bertz CT molecular complexity index is 662. The number of anilines is 1. The van der Waals surface area contributed by atoms with Crippen molar-refractivity contribution in [3.63, 3.8) is 0 Å². The van der Waals surface area contributed by atoms with Crippen LogP contribution in [0, 0.1) is 20.8 Å². The quantitative estimate of drug-likeness (QED) is 0.910. The van der Waals surface area contributed by atoms with E-state index in [9.17, 15) is 4.79 Å². The van der Waals surface area contributed by atoms with Crippen LogP contribution in [0.3, 0.4) is 0 Å². The highest BCUT2D eigenvalue weighted by molar-refractivity contribution is 6.05. The summed E-state index contributed by atoms with van der Waals surface area (Å²) in [7, 11) is 0. The lowest BCUT2D eigenvalue weighted by Gasteiger charge is -2.11. The minimum absolute atomic E-state index is 0.0933. The van der Waals surface area contributed by atoms with Crippen LogP contribution in [0.1, 0.15) is 34.0 Å². The van der Waals surface area contributed by atoms with Gasteiger partial charge in [0.15, 0.2) is 0 Å². The second-order valence-corrected chi connectivity index (χ2v) is 5.17. The number of carbonyl (C=O) groups excluding carboxylic acids is 1. The number of nitrogens with one attached hydrogen (secondary N) is 1. The molecule has 0 saturated heterocycles. The van der Waals surface area contributed by atoms with Crippen molar-refractivity contribution in [3.8, 4) is 5.75 Å². The molecule has 0 unspecified atom stereocenters. The van der Waals surface area contributed by atoms with Gasteiger partial charge in [-0.15, -0.1) is 0 Å². The number of ether oxygens (including phenoxy) is 1. The summed E-state index contributed by atoms with van der Waals surface area (Å²) in [5.74, 6) is 0.663. The van der Waals surface area contributed by atoms with Crippen molar-refractivity contribution in [1.82, 2.24) is 0 Å². The van der Waals surface area contributed by atoms with Gasteiger partial charge in [0.05, 0.1) is 6.61 Å². The average Bonchev–Trinajstić information content (AvgIpc) is 2.43. The zero-order valence-corrected chi connectivity index (χ0v) is 13.0. The van der Waals surface area contributed by atoms with Gasteiger partial charge in [-0.2, -0.15) is 0 Å². The maximum atomic E-state index is 12.4. The van der Waals surface area contributed by atoms with Gasteiger partial charge >= 0.3 is 0 Å². The molecule has 0 aliphatic carbocycles. The molecule has 0 radical (unpaired) electrons. The molecule has 1 amide bonds. The fraction of sp³-hybridized carbons (Fsp3) is 0.278. The number of hydrogen-bond donors (Lipinski definition) is 1. The number of amides is 1. The molecule has 0 saturated carbocycles. The van der Waals surface area contributed by atoms with Crippen LogP contribution in [0.5, 0.6) is 5.75 Å². The molecule has 21 heavy (non-hydrogen) atoms. The standard InChI is InChI=1S/C18H21NO2/c1-5-21-16-8-6-7-15(11-16)19-18(20)17-10-13(3)12(2)9-14(17)4/h6-11H,5H2,1-4H3,(H,19,20). The molecule has 0 fully saturated rings. The van der Waals surface area contributed by atoms with Crippen molar-refractivity contribution in [2.45, 2.75) is 27.7 Å². The van der Waals surface area contributed by atoms with Gasteiger partial charge in [-0.1, -0.05) is 12.1 Å². The fourth-order valence-electron chi connectivity index (χ4n) is 2.23. The van der Waals surface area contributed by atoms with Crippen LogP contribution in [0.4, 0.5) is 5.69 Å². The highest BCUT2D eigenvalue weighted by Crippen LogP contribution is 2.20. The molecule has 0 spiro atoms. The van der Waals surface area contributed by atoms with Crippen LogP contribution in [0.15, 0.2) is 36.4 Å². The summed E-state index contributed by atoms with van der Waals surface area (Å²) in [5, 5.41) is 2.93. The Hall–Kier alpha value is -2.29. The smallest absolute Gasteiger partial charge is 0.255 e. The van der Waals surface area contributed by atoms with E-state index in [0.29, 0.717) is 12.2 Å². The molecule has 2 aromatic rings. The first-order valence-electron chi connectivity index (χ1n) is 7.13. The van der Waals surface area contributed by atoms with Crippen molar-refractivity contribution < 1.29 is 9.53 Å². The van der Waals surface area contributed by atoms with Gasteiger partial charge in [0.1, 0.15) is 5.75 Å². The molecule has 0 aliphatic rings. The molecule has 3 nitrogen and oxygen atoms in total. The van der Waals surface area contributed by atoms with E-state index < -0.39 is 0 Å². The van der Waals surface area contributed by atoms with Crippen molar-refractivity contribution in [3.05, 3.63) is 58.7 Å². The number of hydrogen-bond acceptors (Lipinski definition) is 2. The molecule has 1 N–H and O–H groups in total. The second kappa shape index (κ2) is 6.44. The summed E-state index contributed by atoms with van der Waals surface area (Å²) in [4.78, 5) is 12.4. The molecule has 0 bridgehead atoms. The highest BCUT2D eigenvalue weighted by atomic mass is 16.5. The lowest BCUT2D eigenvalue weighted by atomic mass is 10.0. The van der Waals surface area contributed by atoms with Crippen molar-refractivity contribution in [1.29, 1.82) is 0 Å². The van der Waals surface area contributed by atoms with E-state index in [1.807, 2.05) is 57.2 Å². The Morgan fingerprint density at radius 1 is 1.05 bits per heavy atom. The Kier molecular flexibility index (Phi) is 4.63. The molecule has 0 aromatic heterocycles. The third-order valence-electron chi connectivity index (χ3n) is 3.49. The molecule has 3 heteroatoms. The maximum absolute atomic E-state index is 12.4. The van der Waals surface area contributed by atoms with Crippen LogP contribution in [0.2, 0.25) is 0 Å². The van der Waals surface area contributed by atoms with Gasteiger partial charge in [-0.25, -0.2) is 0 Å². The third-order valence-corrected chi connectivity index (χ3v) is 3.49. The van der Waals surface area contributed by atoms with Gasteiger partial charge < -0.3 is 10.1 Å². The second-order valence-electron chi connectivity index (χ2n) is 5.17. The summed E-state index contributed by atoms with van der Waals surface area (Å²) < 4.78 is 5.44. The highest BCUT2D eigenvalue weighted by Gasteiger charge is 2.11. The first-order chi connectivity index (χ1) is 10.0. The Morgan fingerprint density at radius 3 is 2.48 bits per heavy atom. The number of benzene rings is 2. The Balaban J connectivity index is 2.22. The summed E-state index contributed by atoms with van der Waals surface area (Å²) in [5.41, 5.74) is 4.75. The van der Waals surface area contributed by atoms with Crippen LogP contribution < -0.4 is 10.1 Å². The predicted molar refractivity (Wildman–Crippen MR) is 86.2 cm³/mol. The lowest BCUT2D eigenvalue weighted by molar-refractivity contribution is 0.102. The molecular formula is C18H21NO2. The molecule has 0 atom stereocenters. The Labute approximate surface area is 126 Å². The van der Waals surface area contributed by atoms with Crippen LogP contribution in [-0.2, 0) is 0 Å². The van der Waals surface area contributed by atoms with E-state index >= 15 is 0 Å². The largest absolute Gasteiger partial charge is 0.494 e. The predicted octanol–water partition coefficient (Wildman–Crippen LogP) is 4.26. The normalized spacial score (nSPS) is 10.3. The van der Waals surface area contributed by atoms with Crippen LogP contribution >= 0.6 is 0 Å². The molecule has 0 aliphatic heterocycles. The molecule has 0 heterocycles. The molecule has 110 valence electrons. The van der Waals surface area contributed by atoms with E-state index in [4.69, 9.17) is 4.74 Å². The van der Waals surface area contributed by atoms with E-state index in [1.54, 1.807) is 0 Å². The first kappa shape index (κ1) is 15.1. The fourth-order valence-corrected chi connectivity index (χ4v) is 2.23. The molecule has 2 aromatic carbocycles. The van der Waals surface area contributed by atoms with Crippen LogP contribution in [0.25, 0.3) is 0 Å². The van der Waals surface area contributed by atoms with E-state index in [1.165, 1.54) is 5.56 Å². The van der Waals surface area contributed by atoms with Gasteiger partial charge in [0, 0.05) is 17.3 Å². The lowest BCUT2D eigenvalue weighted by Crippen LogP contribution is -2.14. The van der Waals surface area contributed by atoms with E-state index in [0.717, 1.165) is 22.6 Å². The molecular weight excluding hydrogens is 262 g/mol. The van der Waals surface area contributed by atoms with Gasteiger partial charge in [0.25, 0.3) is 5.91 Å². The topological polar surface area (TPSA) is 38.3 Å². The van der Waals surface area contributed by atoms with E-state index in [-0.39, 0.29) is 5.91 Å². The minimum Gasteiger partial charge on any atom is -0.494 e. The van der Waals surface area contributed by atoms with Gasteiger partial charge in [-0.05, 0) is 62.6 Å². The average molecular weight is 283 g/mol. The van der Waals surface area contributed by atoms with Crippen molar-refractivity contribution in [2.75, 3.05) is 11.9 Å². The summed E-state index contributed by atoms with van der Waals surface area (Å²) in [6, 6.07) is 11.4. The summed E-state index contributed by atoms with van der Waals surface area (Å²) in [6.45, 7) is 8.56. The summed E-state index contributed by atoms with van der Waals surface area (Å²) in [6.07, 6.45) is 0. The number of aryl methyl sites for hydroxylation is 3. The number of rotatable bonds is 4. The minimum atomic E-state index is -0.0933. The van der Waals surface area contributed by atoms with Gasteiger partial charge in [0.2, 0.25) is 0 Å². The zero-order chi connectivity index (χ0) is 15.4. The zero-order valence-electron chi connectivity index (χ0n) is 13.0. The maximum Gasteiger partial charge on any atom is 0.255 e. The van der Waals surface area contributed by atoms with Gasteiger partial charge in [-0.3, -0.25) is 4.79 Å². The van der Waals surface area contributed by atoms with Crippen molar-refractivity contribution >= 4 is 11.6 Å². The first-order valence-corrected chi connectivity index (χ1v) is 7.13. The SMILES string of the molecule is CCOc1cccc(NC(=O)c2cc(C)c(C)cc2C)c1. The Morgan fingerprint density at radius 2 is 1.76 bits per heavy atom. The van der Waals surface area contributed by atoms with E-state index in [2.05, 4.69) is 12.2 Å².